The van der Waals surface area contributed by atoms with Crippen LogP contribution in [0.3, 0.4) is 0 Å². The highest BCUT2D eigenvalue weighted by molar-refractivity contribution is 6.05. The van der Waals surface area contributed by atoms with E-state index in [1.54, 1.807) is 4.90 Å². The van der Waals surface area contributed by atoms with Crippen LogP contribution in [0.25, 0.3) is 0 Å². The van der Waals surface area contributed by atoms with Crippen molar-refractivity contribution in [1.82, 2.24) is 15.1 Å². The molecular weight excluding hydrogens is 380 g/mol. The Morgan fingerprint density at radius 2 is 2.07 bits per heavy atom. The number of amides is 3. The Morgan fingerprint density at radius 3 is 2.87 bits per heavy atom. The summed E-state index contributed by atoms with van der Waals surface area (Å²) in [5, 5.41) is 2.36. The largest absolute Gasteiger partial charge is 0.330 e. The number of hydrogen-bond acceptors (Lipinski definition) is 5. The van der Waals surface area contributed by atoms with Crippen molar-refractivity contribution in [3.8, 4) is 0 Å². The number of hydrogen-bond donors (Lipinski definition) is 2. The number of likely N-dealkylation sites (tertiary alicyclic amines) is 1. The van der Waals surface area contributed by atoms with Crippen LogP contribution in [0.2, 0.25) is 0 Å². The maximum Gasteiger partial charge on any atom is 0.255 e. The SMILES string of the molecule is NCC12CCCC(CN(Cc3ccc4c(c3)CN(C3CCC(=O)NC3=O)C4=O)C1)C2. The molecule has 4 aliphatic rings. The fourth-order valence-electron chi connectivity index (χ4n) is 6.14. The molecule has 1 aromatic carbocycles. The predicted molar refractivity (Wildman–Crippen MR) is 111 cm³/mol. The van der Waals surface area contributed by atoms with E-state index in [4.69, 9.17) is 5.73 Å². The number of imide groups is 1. The second-order valence-electron chi connectivity index (χ2n) is 9.73. The molecule has 2 saturated heterocycles. The van der Waals surface area contributed by atoms with Crippen LogP contribution in [-0.2, 0) is 22.7 Å². The zero-order valence-electron chi connectivity index (χ0n) is 17.4. The van der Waals surface area contributed by atoms with Gasteiger partial charge in [0.1, 0.15) is 6.04 Å². The molecule has 3 atom stereocenters. The molecule has 3 amide bonds. The van der Waals surface area contributed by atoms with E-state index < -0.39 is 6.04 Å². The van der Waals surface area contributed by atoms with E-state index in [2.05, 4.69) is 16.3 Å². The third-order valence-electron chi connectivity index (χ3n) is 7.54. The molecule has 0 aromatic heterocycles. The Morgan fingerprint density at radius 1 is 1.20 bits per heavy atom. The molecule has 30 heavy (non-hydrogen) atoms. The van der Waals surface area contributed by atoms with E-state index in [1.807, 2.05) is 12.1 Å². The van der Waals surface area contributed by atoms with Gasteiger partial charge in [-0.05, 0) is 60.8 Å². The second-order valence-corrected chi connectivity index (χ2v) is 9.73. The molecule has 3 aliphatic heterocycles. The molecular formula is C23H30N4O3. The minimum Gasteiger partial charge on any atom is -0.330 e. The first kappa shape index (κ1) is 19.7. The molecule has 3 unspecified atom stereocenters. The molecule has 7 nitrogen and oxygen atoms in total. The molecule has 5 rings (SSSR count). The Bertz CT molecular complexity index is 900. The summed E-state index contributed by atoms with van der Waals surface area (Å²) < 4.78 is 0. The lowest BCUT2D eigenvalue weighted by atomic mass is 9.66. The van der Waals surface area contributed by atoms with Crippen molar-refractivity contribution in [2.75, 3.05) is 19.6 Å². The first-order valence-corrected chi connectivity index (χ1v) is 11.2. The molecule has 1 aromatic rings. The van der Waals surface area contributed by atoms with Gasteiger partial charge in [-0.3, -0.25) is 24.6 Å². The number of piperidine rings is 2. The first-order chi connectivity index (χ1) is 14.5. The van der Waals surface area contributed by atoms with Gasteiger partial charge in [0.05, 0.1) is 0 Å². The van der Waals surface area contributed by atoms with Gasteiger partial charge < -0.3 is 10.6 Å². The van der Waals surface area contributed by atoms with Gasteiger partial charge in [0.25, 0.3) is 5.91 Å². The van der Waals surface area contributed by atoms with E-state index >= 15 is 0 Å². The Balaban J connectivity index is 1.30. The van der Waals surface area contributed by atoms with Crippen molar-refractivity contribution in [3.05, 3.63) is 34.9 Å². The van der Waals surface area contributed by atoms with Crippen molar-refractivity contribution in [1.29, 1.82) is 0 Å². The smallest absolute Gasteiger partial charge is 0.255 e. The van der Waals surface area contributed by atoms with Gasteiger partial charge in [0.2, 0.25) is 11.8 Å². The Labute approximate surface area is 177 Å². The quantitative estimate of drug-likeness (QED) is 0.732. The zero-order chi connectivity index (χ0) is 20.9. The molecule has 7 heteroatoms. The standard InChI is InChI=1S/C23H30N4O3/c24-13-23-7-1-2-16(9-23)11-26(14-23)10-15-3-4-18-17(8-15)12-27(22(18)30)19-5-6-20(28)25-21(19)29/h3-4,8,16,19H,1-2,5-7,9-14,24H2,(H,25,28,29). The molecule has 2 bridgehead atoms. The van der Waals surface area contributed by atoms with Crippen molar-refractivity contribution in [2.24, 2.45) is 17.1 Å². The summed E-state index contributed by atoms with van der Waals surface area (Å²) in [7, 11) is 0. The number of nitrogens with one attached hydrogen (secondary N) is 1. The summed E-state index contributed by atoms with van der Waals surface area (Å²) >= 11 is 0. The number of rotatable bonds is 4. The normalized spacial score (nSPS) is 31.6. The van der Waals surface area contributed by atoms with Crippen LogP contribution >= 0.6 is 0 Å². The molecule has 0 radical (unpaired) electrons. The van der Waals surface area contributed by atoms with Crippen molar-refractivity contribution >= 4 is 17.7 Å². The average Bonchev–Trinajstić information content (AvgIpc) is 3.03. The van der Waals surface area contributed by atoms with Crippen LogP contribution in [0.5, 0.6) is 0 Å². The van der Waals surface area contributed by atoms with Crippen LogP contribution in [-0.4, -0.2) is 53.2 Å². The number of nitrogens with two attached hydrogens (primary N) is 1. The number of carbonyl (C=O) groups is 3. The Hall–Kier alpha value is -2.25. The van der Waals surface area contributed by atoms with Gasteiger partial charge >= 0.3 is 0 Å². The summed E-state index contributed by atoms with van der Waals surface area (Å²) in [6.07, 6.45) is 5.77. The lowest BCUT2D eigenvalue weighted by Gasteiger charge is -2.49. The molecule has 3 fully saturated rings. The lowest BCUT2D eigenvalue weighted by Crippen LogP contribution is -2.52. The number of fused-ring (bicyclic) bond motifs is 3. The predicted octanol–water partition coefficient (Wildman–Crippen LogP) is 1.40. The van der Waals surface area contributed by atoms with E-state index in [1.165, 1.54) is 31.2 Å². The highest BCUT2D eigenvalue weighted by Crippen LogP contribution is 2.43. The van der Waals surface area contributed by atoms with Gasteiger partial charge in [0.15, 0.2) is 0 Å². The molecule has 1 saturated carbocycles. The van der Waals surface area contributed by atoms with Crippen LogP contribution in [0.4, 0.5) is 0 Å². The third-order valence-corrected chi connectivity index (χ3v) is 7.54. The van der Waals surface area contributed by atoms with Crippen LogP contribution in [0.15, 0.2) is 18.2 Å². The van der Waals surface area contributed by atoms with Crippen molar-refractivity contribution < 1.29 is 14.4 Å². The Kier molecular flexibility index (Phi) is 4.90. The zero-order valence-corrected chi connectivity index (χ0v) is 17.4. The number of carbonyl (C=O) groups excluding carboxylic acids is 3. The average molecular weight is 411 g/mol. The van der Waals surface area contributed by atoms with E-state index in [0.717, 1.165) is 37.7 Å². The summed E-state index contributed by atoms with van der Waals surface area (Å²) in [5.74, 6) is 0.0134. The van der Waals surface area contributed by atoms with Crippen LogP contribution in [0, 0.1) is 11.3 Å². The fourth-order valence-corrected chi connectivity index (χ4v) is 6.14. The monoisotopic (exact) mass is 410 g/mol. The minimum atomic E-state index is -0.558. The van der Waals surface area contributed by atoms with Gasteiger partial charge in [-0.1, -0.05) is 18.6 Å². The number of nitrogens with zero attached hydrogens (tertiary/aromatic N) is 2. The van der Waals surface area contributed by atoms with Gasteiger partial charge in [-0.15, -0.1) is 0 Å². The third kappa shape index (κ3) is 3.44. The van der Waals surface area contributed by atoms with Crippen molar-refractivity contribution in [3.63, 3.8) is 0 Å². The van der Waals surface area contributed by atoms with E-state index in [-0.39, 0.29) is 29.6 Å². The van der Waals surface area contributed by atoms with Gasteiger partial charge in [-0.2, -0.15) is 0 Å². The van der Waals surface area contributed by atoms with Gasteiger partial charge in [-0.25, -0.2) is 0 Å². The minimum absolute atomic E-state index is 0.111. The lowest BCUT2D eigenvalue weighted by molar-refractivity contribution is -0.136. The summed E-state index contributed by atoms with van der Waals surface area (Å²) in [4.78, 5) is 40.7. The van der Waals surface area contributed by atoms with E-state index in [9.17, 15) is 14.4 Å². The molecule has 1 aliphatic carbocycles. The summed E-state index contributed by atoms with van der Waals surface area (Å²) in [6.45, 7) is 4.25. The topological polar surface area (TPSA) is 95.7 Å². The molecule has 160 valence electrons. The highest BCUT2D eigenvalue weighted by atomic mass is 16.2. The van der Waals surface area contributed by atoms with E-state index in [0.29, 0.717) is 18.5 Å². The summed E-state index contributed by atoms with van der Waals surface area (Å²) in [6, 6.07) is 5.52. The number of benzene rings is 1. The molecule has 3 N–H and O–H groups in total. The maximum absolute atomic E-state index is 12.9. The second kappa shape index (κ2) is 7.46. The fraction of sp³-hybridized carbons (Fsp3) is 0.609. The maximum atomic E-state index is 12.9. The van der Waals surface area contributed by atoms with Crippen molar-refractivity contribution in [2.45, 2.75) is 57.7 Å². The summed E-state index contributed by atoms with van der Waals surface area (Å²) in [5.41, 5.74) is 9.31. The molecule has 0 spiro atoms. The molecule has 3 heterocycles. The van der Waals surface area contributed by atoms with Gasteiger partial charge in [0, 0.05) is 38.2 Å². The van der Waals surface area contributed by atoms with Crippen LogP contribution < -0.4 is 11.1 Å². The first-order valence-electron chi connectivity index (χ1n) is 11.2. The van der Waals surface area contributed by atoms with Crippen LogP contribution in [0.1, 0.15) is 60.0 Å². The highest BCUT2D eigenvalue weighted by Gasteiger charge is 2.42.